The Morgan fingerprint density at radius 2 is 1.75 bits per heavy atom. The summed E-state index contributed by atoms with van der Waals surface area (Å²) in [7, 11) is 0. The first-order valence-electron chi connectivity index (χ1n) is 9.18. The molecule has 5 fully saturated rings. The average molecular weight is 277 g/mol. The first kappa shape index (κ1) is 14.9. The SMILES string of the molecule is CC.CC1C2(C)CC3CC4C(CCCC4(C)C1(N)C3)C2. The molecule has 20 heavy (non-hydrogen) atoms. The van der Waals surface area contributed by atoms with Gasteiger partial charge in [0.25, 0.3) is 0 Å². The van der Waals surface area contributed by atoms with E-state index in [9.17, 15) is 0 Å². The fraction of sp³-hybridized carbons (Fsp3) is 1.00. The van der Waals surface area contributed by atoms with E-state index in [1.54, 1.807) is 0 Å². The molecular formula is C19H35N. The number of rotatable bonds is 0. The zero-order chi connectivity index (χ0) is 14.8. The Bertz CT molecular complexity index is 391. The van der Waals surface area contributed by atoms with Crippen LogP contribution in [-0.2, 0) is 0 Å². The third kappa shape index (κ3) is 1.59. The zero-order valence-electron chi connectivity index (χ0n) is 14.3. The Morgan fingerprint density at radius 1 is 1.05 bits per heavy atom. The van der Waals surface area contributed by atoms with E-state index in [0.717, 1.165) is 23.7 Å². The van der Waals surface area contributed by atoms with Crippen molar-refractivity contribution in [2.24, 2.45) is 40.2 Å². The van der Waals surface area contributed by atoms with Gasteiger partial charge in [-0.1, -0.05) is 47.5 Å². The van der Waals surface area contributed by atoms with E-state index in [4.69, 9.17) is 5.73 Å². The monoisotopic (exact) mass is 277 g/mol. The Balaban J connectivity index is 0.000000581. The summed E-state index contributed by atoms with van der Waals surface area (Å²) in [4.78, 5) is 0. The van der Waals surface area contributed by atoms with Crippen LogP contribution >= 0.6 is 0 Å². The third-order valence-electron chi connectivity index (χ3n) is 8.24. The zero-order valence-corrected chi connectivity index (χ0v) is 14.3. The van der Waals surface area contributed by atoms with E-state index < -0.39 is 0 Å². The van der Waals surface area contributed by atoms with Crippen molar-refractivity contribution in [3.8, 4) is 0 Å². The van der Waals surface area contributed by atoms with Crippen LogP contribution in [0.25, 0.3) is 0 Å². The highest BCUT2D eigenvalue weighted by Crippen LogP contribution is 2.71. The van der Waals surface area contributed by atoms with Crippen molar-refractivity contribution in [3.63, 3.8) is 0 Å². The molecular weight excluding hydrogens is 242 g/mol. The molecule has 5 aliphatic carbocycles. The van der Waals surface area contributed by atoms with Crippen molar-refractivity contribution in [2.45, 2.75) is 85.1 Å². The molecule has 1 heteroatoms. The molecule has 0 aromatic rings. The molecule has 6 bridgehead atoms. The quantitative estimate of drug-likeness (QED) is 0.663. The molecule has 1 nitrogen and oxygen atoms in total. The standard InChI is InChI=1S/C17H29N.C2H6/c1-11-15(2)8-12-7-14-13(10-15)5-4-6-16(14,3)17(11,18)9-12;1-2/h11-14H,4-10,18H2,1-3H3;1-2H3. The molecule has 5 saturated carbocycles. The highest BCUT2D eigenvalue weighted by molar-refractivity contribution is 5.20. The predicted molar refractivity (Wildman–Crippen MR) is 86.4 cm³/mol. The third-order valence-corrected chi connectivity index (χ3v) is 8.24. The highest BCUT2D eigenvalue weighted by Gasteiger charge is 2.67. The summed E-state index contributed by atoms with van der Waals surface area (Å²) in [5, 5.41) is 0. The van der Waals surface area contributed by atoms with Gasteiger partial charge in [0.1, 0.15) is 0 Å². The van der Waals surface area contributed by atoms with Gasteiger partial charge in [-0.05, 0) is 66.6 Å². The molecule has 116 valence electrons. The van der Waals surface area contributed by atoms with Crippen LogP contribution in [-0.4, -0.2) is 5.54 Å². The van der Waals surface area contributed by atoms with Crippen molar-refractivity contribution in [2.75, 3.05) is 0 Å². The van der Waals surface area contributed by atoms with E-state index in [-0.39, 0.29) is 5.54 Å². The molecule has 0 saturated heterocycles. The van der Waals surface area contributed by atoms with Crippen LogP contribution in [0.5, 0.6) is 0 Å². The van der Waals surface area contributed by atoms with Crippen molar-refractivity contribution in [1.29, 1.82) is 0 Å². The molecule has 2 N–H and O–H groups in total. The molecule has 0 aromatic carbocycles. The first-order valence-corrected chi connectivity index (χ1v) is 9.18. The van der Waals surface area contributed by atoms with Crippen LogP contribution in [0.3, 0.4) is 0 Å². The summed E-state index contributed by atoms with van der Waals surface area (Å²) in [6.07, 6.45) is 10.1. The van der Waals surface area contributed by atoms with Gasteiger partial charge in [-0.25, -0.2) is 0 Å². The van der Waals surface area contributed by atoms with Crippen LogP contribution in [0.15, 0.2) is 0 Å². The summed E-state index contributed by atoms with van der Waals surface area (Å²) >= 11 is 0. The maximum Gasteiger partial charge on any atom is 0.0245 e. The van der Waals surface area contributed by atoms with Gasteiger partial charge in [0.05, 0.1) is 0 Å². The minimum atomic E-state index is 0.142. The Labute approximate surface area is 126 Å². The van der Waals surface area contributed by atoms with Crippen molar-refractivity contribution in [3.05, 3.63) is 0 Å². The Hall–Kier alpha value is -0.0400. The minimum Gasteiger partial charge on any atom is -0.324 e. The van der Waals surface area contributed by atoms with Crippen LogP contribution in [0.1, 0.15) is 79.6 Å². The second-order valence-electron chi connectivity index (χ2n) is 8.81. The molecule has 0 amide bonds. The summed E-state index contributed by atoms with van der Waals surface area (Å²) in [5.74, 6) is 3.60. The van der Waals surface area contributed by atoms with E-state index in [0.29, 0.717) is 10.8 Å². The number of hydrogen-bond acceptors (Lipinski definition) is 1. The van der Waals surface area contributed by atoms with Gasteiger partial charge in [0.15, 0.2) is 0 Å². The van der Waals surface area contributed by atoms with E-state index in [1.807, 2.05) is 13.8 Å². The summed E-state index contributed by atoms with van der Waals surface area (Å²) < 4.78 is 0. The first-order chi connectivity index (χ1) is 9.39. The van der Waals surface area contributed by atoms with Crippen molar-refractivity contribution in [1.82, 2.24) is 0 Å². The maximum absolute atomic E-state index is 7.13. The Morgan fingerprint density at radius 3 is 2.45 bits per heavy atom. The van der Waals surface area contributed by atoms with Crippen molar-refractivity contribution >= 4 is 0 Å². The number of nitrogens with two attached hydrogens (primary N) is 1. The molecule has 0 aliphatic heterocycles. The second kappa shape index (κ2) is 4.48. The van der Waals surface area contributed by atoms with Gasteiger partial charge in [-0.3, -0.25) is 0 Å². The fourth-order valence-corrected chi connectivity index (χ4v) is 7.21. The van der Waals surface area contributed by atoms with Gasteiger partial charge in [0, 0.05) is 5.54 Å². The van der Waals surface area contributed by atoms with E-state index >= 15 is 0 Å². The van der Waals surface area contributed by atoms with E-state index in [2.05, 4.69) is 20.8 Å². The van der Waals surface area contributed by atoms with E-state index in [1.165, 1.54) is 44.9 Å². The van der Waals surface area contributed by atoms with Gasteiger partial charge in [-0.15, -0.1) is 0 Å². The number of hydrogen-bond donors (Lipinski definition) is 1. The Kier molecular flexibility index (Phi) is 3.33. The smallest absolute Gasteiger partial charge is 0.0245 e. The van der Waals surface area contributed by atoms with Crippen LogP contribution in [0, 0.1) is 34.5 Å². The molecule has 5 rings (SSSR count). The maximum atomic E-state index is 7.13. The summed E-state index contributed by atoms with van der Waals surface area (Å²) in [6, 6.07) is 0. The molecule has 7 unspecified atom stereocenters. The van der Waals surface area contributed by atoms with Gasteiger partial charge < -0.3 is 5.73 Å². The van der Waals surface area contributed by atoms with Crippen LogP contribution in [0.4, 0.5) is 0 Å². The lowest BCUT2D eigenvalue weighted by molar-refractivity contribution is -0.113. The van der Waals surface area contributed by atoms with Gasteiger partial charge in [0.2, 0.25) is 0 Å². The lowest BCUT2D eigenvalue weighted by Crippen LogP contribution is -2.69. The minimum absolute atomic E-state index is 0.142. The molecule has 0 heterocycles. The van der Waals surface area contributed by atoms with Gasteiger partial charge in [-0.2, -0.15) is 0 Å². The fourth-order valence-electron chi connectivity index (χ4n) is 7.21. The summed E-state index contributed by atoms with van der Waals surface area (Å²) in [6.45, 7) is 11.6. The molecule has 7 atom stereocenters. The summed E-state index contributed by atoms with van der Waals surface area (Å²) in [5.41, 5.74) is 8.27. The normalized spacial score (nSPS) is 59.7. The second-order valence-corrected chi connectivity index (χ2v) is 8.81. The largest absolute Gasteiger partial charge is 0.324 e. The molecule has 0 radical (unpaired) electrons. The average Bonchev–Trinajstić information content (AvgIpc) is 2.54. The topological polar surface area (TPSA) is 26.0 Å². The predicted octanol–water partition coefficient (Wildman–Crippen LogP) is 4.99. The lowest BCUT2D eigenvalue weighted by Gasteiger charge is -2.64. The molecule has 5 aliphatic rings. The van der Waals surface area contributed by atoms with Crippen molar-refractivity contribution < 1.29 is 0 Å². The molecule has 0 aromatic heterocycles. The van der Waals surface area contributed by atoms with Crippen LogP contribution in [0.2, 0.25) is 0 Å². The molecule has 0 spiro atoms. The lowest BCUT2D eigenvalue weighted by atomic mass is 9.43. The van der Waals surface area contributed by atoms with Gasteiger partial charge >= 0.3 is 0 Å². The van der Waals surface area contributed by atoms with Crippen LogP contribution < -0.4 is 5.73 Å². The highest BCUT2D eigenvalue weighted by atomic mass is 14.9.